The molecule has 0 radical (unpaired) electrons. The minimum absolute atomic E-state index is 0.321. The minimum atomic E-state index is 0.321. The number of hydrogen-bond donors (Lipinski definition) is 2. The molecule has 28 heavy (non-hydrogen) atoms. The van der Waals surface area contributed by atoms with Crippen molar-refractivity contribution in [3.63, 3.8) is 0 Å². The standard InChI is InChI=1S/C26H38N2/c1-5-11-22-17-25(26(22)14-9-6-10-15-26)28-20(4)27-19(3)24-16-21-12-7-8-13-23(21)18(24)2/h7-8,12-13,19,22,25,27-28H,4-6,9-11,14-17H2,1-3H3/t19-,22?,25?/m0/s1. The van der Waals surface area contributed by atoms with Crippen LogP contribution in [-0.2, 0) is 6.42 Å². The zero-order chi connectivity index (χ0) is 19.7. The summed E-state index contributed by atoms with van der Waals surface area (Å²) in [6.07, 6.45) is 12.2. The number of rotatable bonds is 7. The Labute approximate surface area is 171 Å². The third-order valence-corrected chi connectivity index (χ3v) is 7.99. The van der Waals surface area contributed by atoms with Gasteiger partial charge in [-0.2, -0.15) is 0 Å². The van der Waals surface area contributed by atoms with E-state index in [2.05, 4.69) is 62.2 Å². The summed E-state index contributed by atoms with van der Waals surface area (Å²) >= 11 is 0. The van der Waals surface area contributed by atoms with Gasteiger partial charge >= 0.3 is 0 Å². The highest BCUT2D eigenvalue weighted by Gasteiger charge is 2.54. The molecule has 0 bridgehead atoms. The lowest BCUT2D eigenvalue weighted by Crippen LogP contribution is -2.61. The Hall–Kier alpha value is -1.70. The number of allylic oxidation sites excluding steroid dienone is 1. The highest BCUT2D eigenvalue weighted by Crippen LogP contribution is 2.57. The summed E-state index contributed by atoms with van der Waals surface area (Å²) < 4.78 is 0. The maximum Gasteiger partial charge on any atom is 0.0919 e. The summed E-state index contributed by atoms with van der Waals surface area (Å²) in [5.74, 6) is 1.95. The van der Waals surface area contributed by atoms with E-state index < -0.39 is 0 Å². The largest absolute Gasteiger partial charge is 0.369 e. The fourth-order valence-electron chi connectivity index (χ4n) is 6.43. The quantitative estimate of drug-likeness (QED) is 0.591. The molecule has 3 aliphatic carbocycles. The van der Waals surface area contributed by atoms with Gasteiger partial charge in [0, 0.05) is 12.1 Å². The lowest BCUT2D eigenvalue weighted by Gasteiger charge is -2.59. The monoisotopic (exact) mass is 378 g/mol. The highest BCUT2D eigenvalue weighted by atomic mass is 15.1. The Bertz CT molecular complexity index is 753. The van der Waals surface area contributed by atoms with Crippen LogP contribution in [0.4, 0.5) is 0 Å². The van der Waals surface area contributed by atoms with Crippen molar-refractivity contribution in [2.45, 2.75) is 90.6 Å². The van der Waals surface area contributed by atoms with E-state index >= 15 is 0 Å². The maximum atomic E-state index is 4.37. The molecular formula is C26H38N2. The topological polar surface area (TPSA) is 24.1 Å². The van der Waals surface area contributed by atoms with Crippen LogP contribution in [0.25, 0.3) is 5.57 Å². The van der Waals surface area contributed by atoms with Crippen molar-refractivity contribution in [2.75, 3.05) is 0 Å². The van der Waals surface area contributed by atoms with E-state index in [0.29, 0.717) is 17.5 Å². The molecule has 4 rings (SSSR count). The molecule has 1 aromatic carbocycles. The van der Waals surface area contributed by atoms with E-state index in [4.69, 9.17) is 0 Å². The van der Waals surface area contributed by atoms with Crippen LogP contribution < -0.4 is 10.6 Å². The minimum Gasteiger partial charge on any atom is -0.369 e. The first-order chi connectivity index (χ1) is 13.5. The van der Waals surface area contributed by atoms with Crippen molar-refractivity contribution in [2.24, 2.45) is 11.3 Å². The lowest BCUT2D eigenvalue weighted by atomic mass is 9.50. The molecule has 2 heteroatoms. The van der Waals surface area contributed by atoms with Crippen molar-refractivity contribution < 1.29 is 0 Å². The van der Waals surface area contributed by atoms with Gasteiger partial charge in [0.25, 0.3) is 0 Å². The molecule has 2 saturated carbocycles. The predicted molar refractivity (Wildman–Crippen MR) is 120 cm³/mol. The zero-order valence-corrected chi connectivity index (χ0v) is 18.1. The first-order valence-electron chi connectivity index (χ1n) is 11.5. The Morgan fingerprint density at radius 2 is 1.96 bits per heavy atom. The highest BCUT2D eigenvalue weighted by molar-refractivity contribution is 5.75. The van der Waals surface area contributed by atoms with Gasteiger partial charge in [0.15, 0.2) is 0 Å². The average Bonchev–Trinajstić information content (AvgIpc) is 3.05. The van der Waals surface area contributed by atoms with Gasteiger partial charge in [0.05, 0.1) is 5.82 Å². The SMILES string of the molecule is C=C(NC1CC(CCC)C12CCCCC2)N[C@@H](C)C1=C(C)c2ccccc2C1. The van der Waals surface area contributed by atoms with Gasteiger partial charge < -0.3 is 10.6 Å². The van der Waals surface area contributed by atoms with Gasteiger partial charge in [-0.1, -0.05) is 69.9 Å². The van der Waals surface area contributed by atoms with Crippen LogP contribution in [-0.4, -0.2) is 12.1 Å². The summed E-state index contributed by atoms with van der Waals surface area (Å²) in [6.45, 7) is 11.3. The molecule has 3 atom stereocenters. The number of nitrogens with one attached hydrogen (secondary N) is 2. The second-order valence-electron chi connectivity index (χ2n) is 9.54. The van der Waals surface area contributed by atoms with Crippen LogP contribution >= 0.6 is 0 Å². The average molecular weight is 379 g/mol. The summed E-state index contributed by atoms with van der Waals surface area (Å²) in [5, 5.41) is 7.52. The fourth-order valence-corrected chi connectivity index (χ4v) is 6.43. The first-order valence-corrected chi connectivity index (χ1v) is 11.5. The molecule has 1 aromatic rings. The maximum absolute atomic E-state index is 4.37. The molecule has 2 fully saturated rings. The molecule has 0 aromatic heterocycles. The molecule has 0 heterocycles. The van der Waals surface area contributed by atoms with E-state index in [1.54, 1.807) is 0 Å². The summed E-state index contributed by atoms with van der Waals surface area (Å²) in [7, 11) is 0. The number of hydrogen-bond acceptors (Lipinski definition) is 2. The molecule has 2 unspecified atom stereocenters. The van der Waals surface area contributed by atoms with Crippen molar-refractivity contribution >= 4 is 5.57 Å². The fraction of sp³-hybridized carbons (Fsp3) is 0.615. The second kappa shape index (κ2) is 7.97. The van der Waals surface area contributed by atoms with Gasteiger partial charge in [0.2, 0.25) is 0 Å². The van der Waals surface area contributed by atoms with Crippen LogP contribution in [0.1, 0.15) is 83.3 Å². The lowest BCUT2D eigenvalue weighted by molar-refractivity contribution is -0.0544. The zero-order valence-electron chi connectivity index (χ0n) is 18.1. The Morgan fingerprint density at radius 3 is 2.68 bits per heavy atom. The van der Waals surface area contributed by atoms with Crippen molar-refractivity contribution in [3.8, 4) is 0 Å². The summed E-state index contributed by atoms with van der Waals surface area (Å²) in [4.78, 5) is 0. The van der Waals surface area contributed by atoms with Crippen molar-refractivity contribution in [3.05, 3.63) is 53.4 Å². The third kappa shape index (κ3) is 3.40. The van der Waals surface area contributed by atoms with Crippen LogP contribution in [0.5, 0.6) is 0 Å². The molecular weight excluding hydrogens is 340 g/mol. The Balaban J connectivity index is 1.38. The van der Waals surface area contributed by atoms with E-state index in [1.165, 1.54) is 73.6 Å². The molecule has 1 spiro atoms. The van der Waals surface area contributed by atoms with Crippen LogP contribution in [0.3, 0.4) is 0 Å². The Morgan fingerprint density at radius 1 is 1.21 bits per heavy atom. The van der Waals surface area contributed by atoms with Crippen molar-refractivity contribution in [1.29, 1.82) is 0 Å². The van der Waals surface area contributed by atoms with Gasteiger partial charge in [-0.3, -0.25) is 0 Å². The molecule has 3 aliphatic rings. The first kappa shape index (κ1) is 19.6. The molecule has 0 saturated heterocycles. The van der Waals surface area contributed by atoms with Crippen LogP contribution in [0.2, 0.25) is 0 Å². The van der Waals surface area contributed by atoms with Gasteiger partial charge in [0.1, 0.15) is 0 Å². The van der Waals surface area contributed by atoms with E-state index in [9.17, 15) is 0 Å². The third-order valence-electron chi connectivity index (χ3n) is 7.99. The Kier molecular flexibility index (Phi) is 5.58. The van der Waals surface area contributed by atoms with Gasteiger partial charge in [-0.25, -0.2) is 0 Å². The van der Waals surface area contributed by atoms with Crippen molar-refractivity contribution in [1.82, 2.24) is 10.6 Å². The van der Waals surface area contributed by atoms with Crippen LogP contribution in [0, 0.1) is 11.3 Å². The van der Waals surface area contributed by atoms with Crippen LogP contribution in [0.15, 0.2) is 42.2 Å². The molecule has 2 N–H and O–H groups in total. The predicted octanol–water partition coefficient (Wildman–Crippen LogP) is 6.19. The van der Waals surface area contributed by atoms with E-state index in [-0.39, 0.29) is 0 Å². The summed E-state index contributed by atoms with van der Waals surface area (Å²) in [5.41, 5.74) is 6.38. The van der Waals surface area contributed by atoms with Gasteiger partial charge in [-0.05, 0) is 73.1 Å². The van der Waals surface area contributed by atoms with E-state index in [1.807, 2.05) is 0 Å². The molecule has 0 amide bonds. The molecule has 0 aliphatic heterocycles. The normalized spacial score (nSPS) is 26.5. The number of fused-ring (bicyclic) bond motifs is 1. The van der Waals surface area contributed by atoms with E-state index in [0.717, 1.165) is 18.2 Å². The van der Waals surface area contributed by atoms with Gasteiger partial charge in [-0.15, -0.1) is 0 Å². The molecule has 2 nitrogen and oxygen atoms in total. The molecule has 152 valence electrons. The number of benzene rings is 1. The summed E-state index contributed by atoms with van der Waals surface area (Å²) in [6, 6.07) is 9.76. The smallest absolute Gasteiger partial charge is 0.0919 e. The second-order valence-corrected chi connectivity index (χ2v) is 9.54.